The summed E-state index contributed by atoms with van der Waals surface area (Å²) in [6, 6.07) is 18.3. The Morgan fingerprint density at radius 2 is 1.82 bits per heavy atom. The number of aliphatic hydroxyl groups is 1. The van der Waals surface area contributed by atoms with Gasteiger partial charge in [0.2, 0.25) is 5.75 Å². The van der Waals surface area contributed by atoms with E-state index in [2.05, 4.69) is 62.6 Å². The molecule has 5 aromatic rings. The van der Waals surface area contributed by atoms with E-state index < -0.39 is 49.0 Å². The van der Waals surface area contributed by atoms with Crippen LogP contribution in [-0.4, -0.2) is 83.2 Å². The Hall–Kier alpha value is -5.78. The van der Waals surface area contributed by atoms with E-state index in [1.165, 1.54) is 48.5 Å². The smallest absolute Gasteiger partial charge is 0.316 e. The minimum atomic E-state index is -4.74. The van der Waals surface area contributed by atoms with E-state index in [1.54, 1.807) is 12.1 Å². The van der Waals surface area contributed by atoms with E-state index in [0.29, 0.717) is 42.9 Å². The average molecular weight is 951 g/mol. The van der Waals surface area contributed by atoms with Gasteiger partial charge in [0.05, 0.1) is 32.6 Å². The van der Waals surface area contributed by atoms with Crippen molar-refractivity contribution in [3.63, 3.8) is 0 Å². The van der Waals surface area contributed by atoms with Crippen LogP contribution in [0, 0.1) is 27.3 Å². The maximum Gasteiger partial charge on any atom is 0.316 e. The molecule has 0 radical (unpaired) electrons. The number of nitro groups is 1. The van der Waals surface area contributed by atoms with E-state index in [-0.39, 0.29) is 51.9 Å². The molecule has 2 saturated carbocycles. The number of benzene rings is 3. The number of piperidine rings is 1. The maximum atomic E-state index is 14.7. The van der Waals surface area contributed by atoms with Crippen LogP contribution in [-0.2, 0) is 10.0 Å². The first-order valence-corrected chi connectivity index (χ1v) is 25.5. The molecule has 3 N–H and O–H groups in total. The quantitative estimate of drug-likeness (QED) is 0.0795. The first kappa shape index (κ1) is 46.0. The summed E-state index contributed by atoms with van der Waals surface area (Å²) in [5.74, 6) is -1.06. The van der Waals surface area contributed by atoms with Crippen LogP contribution in [0.2, 0.25) is 0 Å². The van der Waals surface area contributed by atoms with Crippen molar-refractivity contribution >= 4 is 38.3 Å². The van der Waals surface area contributed by atoms with Gasteiger partial charge in [-0.25, -0.2) is 22.5 Å². The zero-order chi connectivity index (χ0) is 47.5. The lowest BCUT2D eigenvalue weighted by Gasteiger charge is -2.56. The summed E-state index contributed by atoms with van der Waals surface area (Å²) in [5, 5.41) is 22.9. The molecule has 0 bridgehead atoms. The molecule has 360 valence electrons. The molecule has 10 rings (SSSR count). The number of ether oxygens (including phenoxy) is 3. The van der Waals surface area contributed by atoms with Crippen molar-refractivity contribution in [1.82, 2.24) is 19.6 Å². The predicted octanol–water partition coefficient (Wildman–Crippen LogP) is 9.70. The number of nitrogens with zero attached hydrogens (tertiary/aromatic N) is 4. The van der Waals surface area contributed by atoms with Crippen LogP contribution >= 0.6 is 0 Å². The van der Waals surface area contributed by atoms with Gasteiger partial charge in [-0.3, -0.25) is 19.8 Å². The lowest BCUT2D eigenvalue weighted by Crippen LogP contribution is -2.54. The van der Waals surface area contributed by atoms with Gasteiger partial charge < -0.3 is 29.2 Å². The number of hydrogen-bond acceptors (Lipinski definition) is 12. The molecule has 2 atom stereocenters. The highest BCUT2D eigenvalue weighted by Crippen LogP contribution is 2.54. The fourth-order valence-electron chi connectivity index (χ4n) is 11.6. The largest absolute Gasteiger partial charge is 0.486 e. The number of amides is 1. The predicted molar refractivity (Wildman–Crippen MR) is 254 cm³/mol. The van der Waals surface area contributed by atoms with Gasteiger partial charge in [-0.2, -0.15) is 0 Å². The van der Waals surface area contributed by atoms with Crippen LogP contribution in [0.4, 0.5) is 15.8 Å². The Morgan fingerprint density at radius 1 is 1.06 bits per heavy atom. The molecule has 4 fully saturated rings. The first-order valence-electron chi connectivity index (χ1n) is 24.0. The monoisotopic (exact) mass is 950 g/mol. The van der Waals surface area contributed by atoms with Crippen molar-refractivity contribution < 1.29 is 41.8 Å². The lowest BCUT2D eigenvalue weighted by atomic mass is 9.59. The van der Waals surface area contributed by atoms with Crippen LogP contribution in [0.15, 0.2) is 78.0 Å². The first-order chi connectivity index (χ1) is 32.5. The summed E-state index contributed by atoms with van der Waals surface area (Å²) in [4.78, 5) is 37.2. The average Bonchev–Trinajstić information content (AvgIpc) is 3.94. The van der Waals surface area contributed by atoms with Gasteiger partial charge in [0.15, 0.2) is 5.75 Å². The highest BCUT2D eigenvalue weighted by Gasteiger charge is 2.50. The fourth-order valence-corrected chi connectivity index (χ4v) is 12.6. The number of likely N-dealkylation sites (tertiary alicyclic amines) is 1. The second-order valence-electron chi connectivity index (χ2n) is 20.4. The van der Waals surface area contributed by atoms with Crippen molar-refractivity contribution in [3.8, 4) is 23.0 Å². The van der Waals surface area contributed by atoms with E-state index >= 15 is 0 Å². The molecule has 2 aliphatic carbocycles. The molecule has 2 saturated heterocycles. The number of carbonyl (C=O) groups excluding carboxylic acids is 1. The number of anilines is 1. The molecule has 15 nitrogen and oxygen atoms in total. The molecule has 1 spiro atoms. The van der Waals surface area contributed by atoms with Gasteiger partial charge in [-0.05, 0) is 131 Å². The maximum absolute atomic E-state index is 14.7. The number of carbonyl (C=O) groups is 1. The number of fused-ring (bicyclic) bond motifs is 2. The van der Waals surface area contributed by atoms with Crippen LogP contribution in [0.3, 0.4) is 0 Å². The van der Waals surface area contributed by atoms with Crippen LogP contribution < -0.4 is 23.8 Å². The number of nitro benzene ring substituents is 1. The lowest BCUT2D eigenvalue weighted by molar-refractivity contribution is -0.386. The van der Waals surface area contributed by atoms with E-state index in [0.717, 1.165) is 76.0 Å². The third-order valence-electron chi connectivity index (χ3n) is 15.4. The van der Waals surface area contributed by atoms with Gasteiger partial charge in [0.1, 0.15) is 35.7 Å². The Bertz CT molecular complexity index is 2840. The third kappa shape index (κ3) is 9.11. The highest BCUT2D eigenvalue weighted by molar-refractivity contribution is 7.90. The minimum absolute atomic E-state index is 0.0128. The molecule has 3 aliphatic heterocycles. The second-order valence-corrected chi connectivity index (χ2v) is 22.1. The molecule has 5 aliphatic rings. The molecular weight excluding hydrogens is 892 g/mol. The summed E-state index contributed by atoms with van der Waals surface area (Å²) >= 11 is 0. The van der Waals surface area contributed by atoms with Crippen LogP contribution in [0.1, 0.15) is 125 Å². The molecule has 3 aromatic carbocycles. The molecule has 17 heteroatoms. The van der Waals surface area contributed by atoms with E-state index in [9.17, 15) is 32.8 Å². The highest BCUT2D eigenvalue weighted by atomic mass is 32.2. The second kappa shape index (κ2) is 17.9. The molecule has 68 heavy (non-hydrogen) atoms. The van der Waals surface area contributed by atoms with Gasteiger partial charge in [0, 0.05) is 55.3 Å². The summed E-state index contributed by atoms with van der Waals surface area (Å²) in [7, 11) is -4.74. The summed E-state index contributed by atoms with van der Waals surface area (Å²) in [6.45, 7) is 9.08. The Morgan fingerprint density at radius 3 is 2.57 bits per heavy atom. The van der Waals surface area contributed by atoms with Gasteiger partial charge in [-0.15, -0.1) is 0 Å². The topological polar surface area (TPSA) is 189 Å². The molecule has 0 unspecified atom stereocenters. The van der Waals surface area contributed by atoms with Crippen molar-refractivity contribution in [2.24, 2.45) is 11.3 Å². The summed E-state index contributed by atoms with van der Waals surface area (Å²) < 4.78 is 62.9. The number of aromatic amines is 1. The van der Waals surface area contributed by atoms with Gasteiger partial charge >= 0.3 is 5.69 Å². The van der Waals surface area contributed by atoms with Crippen molar-refractivity contribution in [2.75, 3.05) is 31.1 Å². The van der Waals surface area contributed by atoms with Crippen LogP contribution in [0.5, 0.6) is 23.0 Å². The Labute approximate surface area is 395 Å². The van der Waals surface area contributed by atoms with Gasteiger partial charge in [0.25, 0.3) is 15.9 Å². The molecule has 1 amide bonds. The number of hydrogen-bond donors (Lipinski definition) is 3. The zero-order valence-electron chi connectivity index (χ0n) is 38.7. The number of nitrogens with one attached hydrogen (secondary N) is 2. The number of H-pyrrole nitrogens is 1. The summed E-state index contributed by atoms with van der Waals surface area (Å²) in [6.07, 6.45) is 12.2. The minimum Gasteiger partial charge on any atom is -0.486 e. The molecule has 5 heterocycles. The molecular formula is C51H59FN6O9S. The van der Waals surface area contributed by atoms with Crippen molar-refractivity contribution in [2.45, 2.75) is 126 Å². The standard InChI is InChI=1S/C51H59FN6O9S/c1-31(2)38-7-4-5-8-39(38)43-9-6-18-57(43)34-26-51(27-34)16-19-56(20-17-51)33-10-11-40(45(22-33)66-35-23-41-42(52)29-54-48(41)53-28-35)49(59)55-68(63,64)37-24-44(58(61)62)47-46(25-37)65-30-36(67-47)21-32-12-14-50(3,60)15-13-32/h4-5,7-8,10-11,22-25,28-29,31-32,34,36,43,60H,6,9,12-21,26-27,30H2,1-3H3,(H,53,54)(H,55,59)/t32-,36-,43+,50-/m1/s1. The molecule has 2 aromatic heterocycles. The SMILES string of the molecule is CC(C)c1ccccc1[C@@H]1CCCN1C1CC2(CCN(c3ccc(C(=O)NS(=O)(=O)c4cc5c(c([N+](=O)[O-])c4)O[C@H](C[C@H]4CC[C@](C)(O)CC4)CO5)c(Oc4cnc5[nH]cc(F)c5c4)c3)CC2)C1. The van der Waals surface area contributed by atoms with Crippen molar-refractivity contribution in [3.05, 3.63) is 106 Å². The zero-order valence-corrected chi connectivity index (χ0v) is 39.5. The Balaban J connectivity index is 0.853. The summed E-state index contributed by atoms with van der Waals surface area (Å²) in [5.41, 5.74) is 2.77. The number of aromatic nitrogens is 2. The van der Waals surface area contributed by atoms with E-state index in [4.69, 9.17) is 14.2 Å². The normalized spacial score (nSPS) is 24.0. The van der Waals surface area contributed by atoms with Crippen LogP contribution in [0.25, 0.3) is 11.0 Å². The Kier molecular flexibility index (Phi) is 12.1. The van der Waals surface area contributed by atoms with Gasteiger partial charge in [-0.1, -0.05) is 38.1 Å². The fraction of sp³-hybridized carbons (Fsp3) is 0.490. The number of rotatable bonds is 12. The number of pyridine rings is 1. The van der Waals surface area contributed by atoms with E-state index in [1.807, 2.05) is 6.92 Å². The van der Waals surface area contributed by atoms with Crippen molar-refractivity contribution in [1.29, 1.82) is 0 Å². The number of sulfonamides is 1. The number of halogens is 1. The third-order valence-corrected chi connectivity index (χ3v) is 16.7.